The fourth-order valence-corrected chi connectivity index (χ4v) is 2.23. The second kappa shape index (κ2) is 8.02. The molecule has 0 aliphatic carbocycles. The van der Waals surface area contributed by atoms with Crippen molar-refractivity contribution in [3.05, 3.63) is 65.5 Å². The zero-order valence-electron chi connectivity index (χ0n) is 14.6. The molecule has 0 saturated heterocycles. The van der Waals surface area contributed by atoms with E-state index in [1.165, 1.54) is 4.68 Å². The van der Waals surface area contributed by atoms with E-state index in [0.29, 0.717) is 29.9 Å². The fourth-order valence-electron chi connectivity index (χ4n) is 2.23. The molecule has 0 spiro atoms. The summed E-state index contributed by atoms with van der Waals surface area (Å²) in [5, 5.41) is 11.8. The lowest BCUT2D eigenvalue weighted by molar-refractivity contribution is 0.284. The van der Waals surface area contributed by atoms with Gasteiger partial charge in [-0.3, -0.25) is 0 Å². The Morgan fingerprint density at radius 1 is 1.15 bits per heavy atom. The van der Waals surface area contributed by atoms with Crippen molar-refractivity contribution in [2.24, 2.45) is 5.10 Å². The van der Waals surface area contributed by atoms with E-state index in [-0.39, 0.29) is 0 Å². The number of anilines is 1. The second-order valence-corrected chi connectivity index (χ2v) is 5.50. The molecule has 0 saturated carbocycles. The van der Waals surface area contributed by atoms with Gasteiger partial charge in [0, 0.05) is 0 Å². The molecule has 0 aliphatic rings. The number of hydrogen-bond acceptors (Lipinski definition) is 7. The molecular formula is C18H20N6O2. The van der Waals surface area contributed by atoms with Crippen LogP contribution in [0.5, 0.6) is 11.5 Å². The van der Waals surface area contributed by atoms with Gasteiger partial charge in [0.05, 0.1) is 13.3 Å². The third kappa shape index (κ3) is 4.10. The number of hydrazone groups is 1. The highest BCUT2D eigenvalue weighted by molar-refractivity contribution is 5.81. The Bertz CT molecular complexity index is 892. The highest BCUT2D eigenvalue weighted by Gasteiger charge is 2.06. The monoisotopic (exact) mass is 352 g/mol. The summed E-state index contributed by atoms with van der Waals surface area (Å²) in [5.74, 6) is 7.98. The average molecular weight is 352 g/mol. The van der Waals surface area contributed by atoms with E-state index in [1.54, 1.807) is 20.2 Å². The lowest BCUT2D eigenvalue weighted by atomic mass is 10.2. The lowest BCUT2D eigenvalue weighted by Crippen LogP contribution is -2.13. The number of hydrogen-bond donors (Lipinski definition) is 2. The van der Waals surface area contributed by atoms with Gasteiger partial charge in [0.2, 0.25) is 0 Å². The van der Waals surface area contributed by atoms with Gasteiger partial charge in [-0.25, -0.2) is 10.1 Å². The Kier molecular flexibility index (Phi) is 5.33. The van der Waals surface area contributed by atoms with Crippen LogP contribution in [0, 0.1) is 6.92 Å². The molecule has 2 aromatic carbocycles. The van der Waals surface area contributed by atoms with Crippen LogP contribution in [0.4, 0.5) is 5.95 Å². The molecule has 134 valence electrons. The Labute approximate surface area is 151 Å². The van der Waals surface area contributed by atoms with E-state index in [4.69, 9.17) is 15.3 Å². The van der Waals surface area contributed by atoms with Crippen molar-refractivity contribution in [3.63, 3.8) is 0 Å². The van der Waals surface area contributed by atoms with Gasteiger partial charge >= 0.3 is 0 Å². The van der Waals surface area contributed by atoms with Crippen LogP contribution in [0.15, 0.2) is 53.6 Å². The maximum atomic E-state index is 5.84. The first-order chi connectivity index (χ1) is 12.7. The minimum absolute atomic E-state index is 0.355. The fraction of sp³-hybridized carbons (Fsp3) is 0.167. The predicted molar refractivity (Wildman–Crippen MR) is 99.9 cm³/mol. The molecule has 0 radical (unpaired) electrons. The quantitative estimate of drug-likeness (QED) is 0.385. The zero-order valence-corrected chi connectivity index (χ0v) is 14.6. The van der Waals surface area contributed by atoms with Crippen molar-refractivity contribution in [2.75, 3.05) is 18.4 Å². The first-order valence-corrected chi connectivity index (χ1v) is 7.98. The van der Waals surface area contributed by atoms with Crippen LogP contribution < -0.4 is 20.7 Å². The van der Waals surface area contributed by atoms with E-state index in [1.807, 2.05) is 48.5 Å². The minimum atomic E-state index is 0.355. The molecule has 3 aromatic rings. The van der Waals surface area contributed by atoms with E-state index >= 15 is 0 Å². The van der Waals surface area contributed by atoms with Crippen LogP contribution in [0.25, 0.3) is 0 Å². The summed E-state index contributed by atoms with van der Waals surface area (Å²) < 4.78 is 12.6. The summed E-state index contributed by atoms with van der Waals surface area (Å²) in [6.07, 6.45) is 1.63. The van der Waals surface area contributed by atoms with Crippen LogP contribution in [0.3, 0.4) is 0 Å². The van der Waals surface area contributed by atoms with E-state index in [0.717, 1.165) is 11.1 Å². The molecule has 1 aromatic heterocycles. The molecule has 0 fully saturated rings. The first-order valence-electron chi connectivity index (χ1n) is 7.98. The molecule has 8 heteroatoms. The number of ether oxygens (including phenoxy) is 2. The number of nitrogens with zero attached hydrogens (tertiary/aromatic N) is 4. The van der Waals surface area contributed by atoms with Crippen molar-refractivity contribution in [2.45, 2.75) is 13.5 Å². The van der Waals surface area contributed by atoms with Gasteiger partial charge in [-0.15, -0.1) is 10.2 Å². The molecular weight excluding hydrogens is 332 g/mol. The number of rotatable bonds is 7. The van der Waals surface area contributed by atoms with Gasteiger partial charge in [-0.1, -0.05) is 30.3 Å². The molecule has 0 amide bonds. The third-order valence-electron chi connectivity index (χ3n) is 3.67. The van der Waals surface area contributed by atoms with Gasteiger partial charge in [0.1, 0.15) is 6.61 Å². The van der Waals surface area contributed by atoms with Crippen molar-refractivity contribution in [1.82, 2.24) is 14.9 Å². The minimum Gasteiger partial charge on any atom is -0.493 e. The highest BCUT2D eigenvalue weighted by Crippen LogP contribution is 2.28. The number of aromatic nitrogens is 3. The summed E-state index contributed by atoms with van der Waals surface area (Å²) in [5.41, 5.74) is 4.67. The Morgan fingerprint density at radius 2 is 1.96 bits per heavy atom. The molecule has 3 rings (SSSR count). The van der Waals surface area contributed by atoms with Crippen LogP contribution in [-0.2, 0) is 6.61 Å². The Hall–Kier alpha value is -3.55. The van der Waals surface area contributed by atoms with Crippen LogP contribution in [-0.4, -0.2) is 28.2 Å². The van der Waals surface area contributed by atoms with Gasteiger partial charge in [-0.05, 0) is 36.2 Å². The molecule has 26 heavy (non-hydrogen) atoms. The number of nitrogens with two attached hydrogens (primary N) is 1. The lowest BCUT2D eigenvalue weighted by Gasteiger charge is -2.11. The normalized spacial score (nSPS) is 10.8. The molecule has 3 N–H and O–H groups in total. The smallest absolute Gasteiger partial charge is 0.263 e. The first kappa shape index (κ1) is 17.3. The second-order valence-electron chi connectivity index (χ2n) is 5.50. The maximum absolute atomic E-state index is 5.84. The number of benzene rings is 2. The van der Waals surface area contributed by atoms with E-state index in [2.05, 4.69) is 20.7 Å². The third-order valence-corrected chi connectivity index (χ3v) is 3.67. The number of nitrogen functional groups attached to an aromatic ring is 1. The predicted octanol–water partition coefficient (Wildman–Crippen LogP) is 2.33. The molecule has 0 atom stereocenters. The van der Waals surface area contributed by atoms with Crippen molar-refractivity contribution in [1.29, 1.82) is 0 Å². The SMILES string of the molecule is COc1cc(/C=N\Nc2nnc(C)n2N)ccc1OCc1ccccc1. The van der Waals surface area contributed by atoms with Crippen molar-refractivity contribution >= 4 is 12.2 Å². The zero-order chi connectivity index (χ0) is 18.4. The molecule has 8 nitrogen and oxygen atoms in total. The molecule has 0 unspecified atom stereocenters. The molecule has 0 bridgehead atoms. The van der Waals surface area contributed by atoms with Crippen LogP contribution in [0.1, 0.15) is 17.0 Å². The largest absolute Gasteiger partial charge is 0.493 e. The molecule has 1 heterocycles. The Balaban J connectivity index is 1.66. The van der Waals surface area contributed by atoms with Crippen molar-refractivity contribution < 1.29 is 9.47 Å². The van der Waals surface area contributed by atoms with Gasteiger partial charge < -0.3 is 15.3 Å². The summed E-state index contributed by atoms with van der Waals surface area (Å²) in [6, 6.07) is 15.5. The maximum Gasteiger partial charge on any atom is 0.263 e. The van der Waals surface area contributed by atoms with Crippen molar-refractivity contribution in [3.8, 4) is 11.5 Å². The highest BCUT2D eigenvalue weighted by atomic mass is 16.5. The number of aryl methyl sites for hydroxylation is 1. The van der Waals surface area contributed by atoms with E-state index in [9.17, 15) is 0 Å². The summed E-state index contributed by atoms with van der Waals surface area (Å²) in [4.78, 5) is 0. The summed E-state index contributed by atoms with van der Waals surface area (Å²) >= 11 is 0. The van der Waals surface area contributed by atoms with Crippen LogP contribution in [0.2, 0.25) is 0 Å². The topological polar surface area (TPSA) is 99.6 Å². The number of nitrogens with one attached hydrogen (secondary N) is 1. The van der Waals surface area contributed by atoms with Crippen LogP contribution >= 0.6 is 0 Å². The standard InChI is InChI=1S/C18H20N6O2/c1-13-21-23-18(24(13)19)22-20-11-15-8-9-16(17(10-15)25-2)26-12-14-6-4-3-5-7-14/h3-11H,12,19H2,1-2H3,(H,22,23)/b20-11-. The van der Waals surface area contributed by atoms with Gasteiger partial charge in [0.25, 0.3) is 5.95 Å². The average Bonchev–Trinajstić information content (AvgIpc) is 3.00. The summed E-state index contributed by atoms with van der Waals surface area (Å²) in [7, 11) is 1.60. The van der Waals surface area contributed by atoms with Gasteiger partial charge in [0.15, 0.2) is 17.3 Å². The van der Waals surface area contributed by atoms with E-state index < -0.39 is 0 Å². The molecule has 0 aliphatic heterocycles. The number of methoxy groups -OCH3 is 1. The summed E-state index contributed by atoms with van der Waals surface area (Å²) in [6.45, 7) is 2.22. The Morgan fingerprint density at radius 3 is 2.65 bits per heavy atom. The van der Waals surface area contributed by atoms with Gasteiger partial charge in [-0.2, -0.15) is 5.10 Å².